The molecule has 3 rings (SSSR count). The molecule has 1 heterocycles. The summed E-state index contributed by atoms with van der Waals surface area (Å²) in [6.07, 6.45) is 0.759. The number of nitrogens with one attached hydrogen (secondary N) is 1. The molecule has 134 valence electrons. The number of tetrazole rings is 1. The lowest BCUT2D eigenvalue weighted by Gasteiger charge is -2.06. The Kier molecular flexibility index (Phi) is 6.25. The SMILES string of the molecule is Cc1ccc(-n2nnnc2SCC(=O)NCCc2ccc(Cl)cc2)cc1. The lowest BCUT2D eigenvalue weighted by atomic mass is 10.1. The highest BCUT2D eigenvalue weighted by Gasteiger charge is 2.11. The number of benzene rings is 2. The first kappa shape index (κ1) is 18.4. The number of halogens is 1. The van der Waals surface area contributed by atoms with E-state index in [0.717, 1.165) is 23.2 Å². The molecule has 2 aromatic carbocycles. The zero-order valence-electron chi connectivity index (χ0n) is 14.2. The summed E-state index contributed by atoms with van der Waals surface area (Å²) in [7, 11) is 0. The number of aryl methyl sites for hydroxylation is 1. The maximum Gasteiger partial charge on any atom is 0.230 e. The summed E-state index contributed by atoms with van der Waals surface area (Å²) >= 11 is 7.17. The van der Waals surface area contributed by atoms with E-state index in [0.29, 0.717) is 16.7 Å². The Bertz CT molecular complexity index is 864. The maximum absolute atomic E-state index is 12.0. The highest BCUT2D eigenvalue weighted by atomic mass is 35.5. The molecule has 0 radical (unpaired) electrons. The Balaban J connectivity index is 1.48. The minimum Gasteiger partial charge on any atom is -0.355 e. The lowest BCUT2D eigenvalue weighted by molar-refractivity contribution is -0.118. The van der Waals surface area contributed by atoms with E-state index in [1.807, 2.05) is 55.5 Å². The second kappa shape index (κ2) is 8.82. The molecule has 0 aliphatic carbocycles. The summed E-state index contributed by atoms with van der Waals surface area (Å²) in [6.45, 7) is 2.59. The van der Waals surface area contributed by atoms with Crippen molar-refractivity contribution in [1.29, 1.82) is 0 Å². The fourth-order valence-electron chi connectivity index (χ4n) is 2.30. The summed E-state index contributed by atoms with van der Waals surface area (Å²) < 4.78 is 1.63. The third-order valence-corrected chi connectivity index (χ3v) is 4.87. The van der Waals surface area contributed by atoms with Crippen LogP contribution < -0.4 is 5.32 Å². The molecule has 0 atom stereocenters. The number of hydrogen-bond donors (Lipinski definition) is 1. The standard InChI is InChI=1S/C18H18ClN5OS/c1-13-2-8-16(9-3-13)24-18(21-22-23-24)26-12-17(25)20-11-10-14-4-6-15(19)7-5-14/h2-9H,10-12H2,1H3,(H,20,25). The Morgan fingerprint density at radius 3 is 2.62 bits per heavy atom. The average molecular weight is 388 g/mol. The predicted molar refractivity (Wildman–Crippen MR) is 103 cm³/mol. The van der Waals surface area contributed by atoms with Crippen LogP contribution in [0.5, 0.6) is 0 Å². The predicted octanol–water partition coefficient (Wildman–Crippen LogP) is 3.08. The van der Waals surface area contributed by atoms with E-state index in [1.54, 1.807) is 4.68 Å². The number of nitrogens with zero attached hydrogens (tertiary/aromatic N) is 4. The third-order valence-electron chi connectivity index (χ3n) is 3.70. The quantitative estimate of drug-likeness (QED) is 0.631. The minimum atomic E-state index is -0.0533. The first-order valence-corrected chi connectivity index (χ1v) is 9.47. The van der Waals surface area contributed by atoms with Crippen molar-refractivity contribution in [3.05, 3.63) is 64.7 Å². The van der Waals surface area contributed by atoms with E-state index >= 15 is 0 Å². The summed E-state index contributed by atoms with van der Waals surface area (Å²) in [5.41, 5.74) is 3.16. The molecule has 0 aliphatic rings. The normalized spacial score (nSPS) is 10.7. The molecule has 0 saturated heterocycles. The van der Waals surface area contributed by atoms with Crippen molar-refractivity contribution in [1.82, 2.24) is 25.5 Å². The first-order chi connectivity index (χ1) is 12.6. The zero-order valence-corrected chi connectivity index (χ0v) is 15.8. The smallest absolute Gasteiger partial charge is 0.230 e. The maximum atomic E-state index is 12.0. The van der Waals surface area contributed by atoms with Crippen LogP contribution in [0.4, 0.5) is 0 Å². The Labute approximate surface area is 160 Å². The Morgan fingerprint density at radius 2 is 1.88 bits per heavy atom. The monoisotopic (exact) mass is 387 g/mol. The molecule has 0 unspecified atom stereocenters. The summed E-state index contributed by atoms with van der Waals surface area (Å²) in [5, 5.41) is 15.9. The number of hydrogen-bond acceptors (Lipinski definition) is 5. The number of aromatic nitrogens is 4. The molecule has 3 aromatic rings. The van der Waals surface area contributed by atoms with Gasteiger partial charge in [0.2, 0.25) is 11.1 Å². The lowest BCUT2D eigenvalue weighted by Crippen LogP contribution is -2.27. The molecule has 1 aromatic heterocycles. The zero-order chi connectivity index (χ0) is 18.4. The Morgan fingerprint density at radius 1 is 1.15 bits per heavy atom. The van der Waals surface area contributed by atoms with E-state index < -0.39 is 0 Å². The van der Waals surface area contributed by atoms with Crippen molar-refractivity contribution in [2.24, 2.45) is 0 Å². The molecule has 0 spiro atoms. The molecule has 0 saturated carbocycles. The van der Waals surface area contributed by atoms with E-state index in [2.05, 4.69) is 20.8 Å². The molecule has 1 N–H and O–H groups in total. The van der Waals surface area contributed by atoms with Crippen molar-refractivity contribution in [3.8, 4) is 5.69 Å². The van der Waals surface area contributed by atoms with Crippen LogP contribution in [0.3, 0.4) is 0 Å². The van der Waals surface area contributed by atoms with Gasteiger partial charge in [-0.25, -0.2) is 0 Å². The van der Waals surface area contributed by atoms with Crippen LogP contribution in [0.1, 0.15) is 11.1 Å². The van der Waals surface area contributed by atoms with Gasteiger partial charge in [0.15, 0.2) is 0 Å². The fourth-order valence-corrected chi connectivity index (χ4v) is 3.14. The van der Waals surface area contributed by atoms with Crippen LogP contribution in [0.15, 0.2) is 53.7 Å². The largest absolute Gasteiger partial charge is 0.355 e. The van der Waals surface area contributed by atoms with Gasteiger partial charge < -0.3 is 5.32 Å². The van der Waals surface area contributed by atoms with Gasteiger partial charge in [-0.2, -0.15) is 4.68 Å². The van der Waals surface area contributed by atoms with Gasteiger partial charge in [-0.3, -0.25) is 4.79 Å². The van der Waals surface area contributed by atoms with Crippen molar-refractivity contribution in [3.63, 3.8) is 0 Å². The highest BCUT2D eigenvalue weighted by Crippen LogP contribution is 2.18. The van der Waals surface area contributed by atoms with Crippen molar-refractivity contribution in [2.45, 2.75) is 18.5 Å². The third kappa shape index (κ3) is 5.06. The van der Waals surface area contributed by atoms with Crippen molar-refractivity contribution >= 4 is 29.3 Å². The van der Waals surface area contributed by atoms with Crippen LogP contribution in [0.2, 0.25) is 5.02 Å². The van der Waals surface area contributed by atoms with E-state index in [-0.39, 0.29) is 11.7 Å². The van der Waals surface area contributed by atoms with Crippen molar-refractivity contribution in [2.75, 3.05) is 12.3 Å². The van der Waals surface area contributed by atoms with Gasteiger partial charge in [-0.05, 0) is 53.6 Å². The first-order valence-electron chi connectivity index (χ1n) is 8.11. The van der Waals surface area contributed by atoms with Gasteiger partial charge in [0.05, 0.1) is 11.4 Å². The van der Waals surface area contributed by atoms with Crippen LogP contribution in [-0.4, -0.2) is 38.4 Å². The molecule has 8 heteroatoms. The minimum absolute atomic E-state index is 0.0533. The van der Waals surface area contributed by atoms with Gasteiger partial charge in [0, 0.05) is 11.6 Å². The molecule has 26 heavy (non-hydrogen) atoms. The topological polar surface area (TPSA) is 72.7 Å². The van der Waals surface area contributed by atoms with Gasteiger partial charge in [-0.15, -0.1) is 5.10 Å². The Hall–Kier alpha value is -2.38. The summed E-state index contributed by atoms with van der Waals surface area (Å²) in [4.78, 5) is 12.0. The number of thioether (sulfide) groups is 1. The van der Waals surface area contributed by atoms with Gasteiger partial charge in [-0.1, -0.05) is 53.2 Å². The van der Waals surface area contributed by atoms with E-state index in [1.165, 1.54) is 11.8 Å². The molecular weight excluding hydrogens is 370 g/mol. The molecular formula is C18H18ClN5OS. The summed E-state index contributed by atoms with van der Waals surface area (Å²) in [6, 6.07) is 15.5. The van der Waals surface area contributed by atoms with Gasteiger partial charge >= 0.3 is 0 Å². The van der Waals surface area contributed by atoms with Crippen LogP contribution in [0.25, 0.3) is 5.69 Å². The molecule has 0 bridgehead atoms. The second-order valence-corrected chi connectivity index (χ2v) is 7.10. The molecule has 1 amide bonds. The number of amides is 1. The highest BCUT2D eigenvalue weighted by molar-refractivity contribution is 7.99. The van der Waals surface area contributed by atoms with E-state index in [4.69, 9.17) is 11.6 Å². The second-order valence-electron chi connectivity index (χ2n) is 5.72. The van der Waals surface area contributed by atoms with Crippen LogP contribution >= 0.6 is 23.4 Å². The fraction of sp³-hybridized carbons (Fsp3) is 0.222. The molecule has 0 aliphatic heterocycles. The van der Waals surface area contributed by atoms with Crippen LogP contribution in [0, 0.1) is 6.92 Å². The number of rotatable bonds is 7. The molecule has 6 nitrogen and oxygen atoms in total. The summed E-state index contributed by atoms with van der Waals surface area (Å²) in [5.74, 6) is 0.203. The molecule has 0 fully saturated rings. The van der Waals surface area contributed by atoms with E-state index in [9.17, 15) is 4.79 Å². The average Bonchev–Trinajstić information content (AvgIpc) is 3.11. The number of carbonyl (C=O) groups is 1. The van der Waals surface area contributed by atoms with Crippen LogP contribution in [-0.2, 0) is 11.2 Å². The number of carbonyl (C=O) groups excluding carboxylic acids is 1. The van der Waals surface area contributed by atoms with Gasteiger partial charge in [0.25, 0.3) is 0 Å². The van der Waals surface area contributed by atoms with Gasteiger partial charge in [0.1, 0.15) is 0 Å². The van der Waals surface area contributed by atoms with Crippen molar-refractivity contribution < 1.29 is 4.79 Å².